The Hall–Kier alpha value is 0.787. The molecule has 2 rings (SSSR count). The van der Waals surface area contributed by atoms with Crippen LogP contribution in [0.2, 0.25) is 0 Å². The molecule has 0 amide bonds. The normalized spacial score (nSPS) is 27.0. The van der Waals surface area contributed by atoms with Crippen molar-refractivity contribution in [3.05, 3.63) is 0 Å². The zero-order valence-electron chi connectivity index (χ0n) is 8.32. The van der Waals surface area contributed by atoms with Crippen molar-refractivity contribution in [3.8, 4) is 0 Å². The first kappa shape index (κ1) is 11.3. The molecule has 6 heteroatoms. The van der Waals surface area contributed by atoms with E-state index in [1.165, 1.54) is 0 Å². The van der Waals surface area contributed by atoms with Gasteiger partial charge in [-0.2, -0.15) is 0 Å². The maximum atomic E-state index is 5.37. The monoisotopic (exact) mass is 328 g/mol. The van der Waals surface area contributed by atoms with Gasteiger partial charge in [0.1, 0.15) is 0 Å². The Morgan fingerprint density at radius 2 is 1.14 bits per heavy atom. The van der Waals surface area contributed by atoms with Crippen LogP contribution < -0.4 is 0 Å². The minimum absolute atomic E-state index is 0.888. The van der Waals surface area contributed by atoms with Crippen LogP contribution in [0.1, 0.15) is 0 Å². The third-order valence-corrected chi connectivity index (χ3v) is 9.66. The molecule has 2 aliphatic rings. The van der Waals surface area contributed by atoms with Crippen molar-refractivity contribution < 1.29 is 9.47 Å². The van der Waals surface area contributed by atoms with Gasteiger partial charge in [0.2, 0.25) is 0 Å². The Labute approximate surface area is 99.5 Å². The van der Waals surface area contributed by atoms with Gasteiger partial charge in [-0.3, -0.25) is 0 Å². The van der Waals surface area contributed by atoms with Crippen molar-refractivity contribution in [3.63, 3.8) is 0 Å². The van der Waals surface area contributed by atoms with Crippen LogP contribution in [-0.4, -0.2) is 68.4 Å². The van der Waals surface area contributed by atoms with E-state index >= 15 is 0 Å². The molecule has 4 nitrogen and oxygen atoms in total. The Balaban J connectivity index is 1.82. The van der Waals surface area contributed by atoms with Gasteiger partial charge in [-0.25, -0.2) is 0 Å². The molecule has 82 valence electrons. The van der Waals surface area contributed by atoms with Gasteiger partial charge >= 0.3 is 0 Å². The van der Waals surface area contributed by atoms with Crippen LogP contribution in [0.15, 0.2) is 0 Å². The minimum Gasteiger partial charge on any atom is -0.379 e. The van der Waals surface area contributed by atoms with Crippen molar-refractivity contribution in [1.82, 2.24) is 9.13 Å². The summed E-state index contributed by atoms with van der Waals surface area (Å²) in [5, 5.41) is 0. The molecule has 0 bridgehead atoms. The highest BCUT2D eigenvalue weighted by Crippen LogP contribution is 2.12. The molecule has 0 aromatic heterocycles. The summed E-state index contributed by atoms with van der Waals surface area (Å²) in [7, 11) is 0. The van der Waals surface area contributed by atoms with E-state index in [1.807, 2.05) is 0 Å². The lowest BCUT2D eigenvalue weighted by atomic mass is 10.5. The molecule has 2 saturated heterocycles. The highest BCUT2D eigenvalue weighted by molar-refractivity contribution is 14.1. The Morgan fingerprint density at radius 1 is 0.786 bits per heavy atom. The maximum absolute atomic E-state index is 5.37. The van der Waals surface area contributed by atoms with Gasteiger partial charge in [0, 0.05) is 26.2 Å². The minimum atomic E-state index is -0.888. The molecule has 0 radical (unpaired) electrons. The van der Waals surface area contributed by atoms with E-state index in [2.05, 4.69) is 30.9 Å². The highest BCUT2D eigenvalue weighted by atomic mass is 127. The molecule has 2 heterocycles. The van der Waals surface area contributed by atoms with E-state index in [0.717, 1.165) is 52.6 Å². The second kappa shape index (κ2) is 5.76. The van der Waals surface area contributed by atoms with Crippen molar-refractivity contribution in [2.24, 2.45) is 0 Å². The second-order valence-electron chi connectivity index (χ2n) is 3.61. The predicted molar refractivity (Wildman–Crippen MR) is 66.0 cm³/mol. The Morgan fingerprint density at radius 3 is 1.50 bits per heavy atom. The lowest BCUT2D eigenvalue weighted by Gasteiger charge is -2.38. The topological polar surface area (TPSA) is 24.9 Å². The van der Waals surface area contributed by atoms with E-state index in [4.69, 9.17) is 9.47 Å². The molecular formula is C8H17IN2O2Si. The molecule has 14 heavy (non-hydrogen) atoms. The standard InChI is InChI=1S/C8H17IN2O2Si/c9-14(10-1-5-12-6-2-10)11-3-7-13-8-4-11/h14H,1-8H2. The van der Waals surface area contributed by atoms with Gasteiger partial charge in [-0.05, 0) is 0 Å². The van der Waals surface area contributed by atoms with Crippen molar-refractivity contribution in [2.45, 2.75) is 0 Å². The van der Waals surface area contributed by atoms with Crippen molar-refractivity contribution >= 4 is 28.4 Å². The Kier molecular flexibility index (Phi) is 4.64. The molecule has 0 aromatic carbocycles. The molecule has 0 aromatic rings. The zero-order chi connectivity index (χ0) is 9.80. The van der Waals surface area contributed by atoms with Crippen LogP contribution in [0, 0.1) is 0 Å². The third-order valence-electron chi connectivity index (χ3n) is 2.69. The first-order valence-electron chi connectivity index (χ1n) is 5.15. The molecule has 0 unspecified atom stereocenters. The average Bonchev–Trinajstić information content (AvgIpc) is 2.30. The summed E-state index contributed by atoms with van der Waals surface area (Å²) in [6.07, 6.45) is 0. The summed E-state index contributed by atoms with van der Waals surface area (Å²) < 4.78 is 16.0. The van der Waals surface area contributed by atoms with Crippen LogP contribution >= 0.6 is 21.8 Å². The number of hydrogen-bond acceptors (Lipinski definition) is 4. The zero-order valence-corrected chi connectivity index (χ0v) is 11.6. The quantitative estimate of drug-likeness (QED) is 0.398. The summed E-state index contributed by atoms with van der Waals surface area (Å²) >= 11 is 2.66. The number of rotatable bonds is 2. The lowest BCUT2D eigenvalue weighted by Crippen LogP contribution is -2.55. The van der Waals surface area contributed by atoms with Gasteiger partial charge in [0.05, 0.1) is 26.4 Å². The average molecular weight is 328 g/mol. The summed E-state index contributed by atoms with van der Waals surface area (Å²) in [5.41, 5.74) is 0. The smallest absolute Gasteiger partial charge is 0.259 e. The van der Waals surface area contributed by atoms with Crippen LogP contribution in [0.5, 0.6) is 0 Å². The largest absolute Gasteiger partial charge is 0.379 e. The van der Waals surface area contributed by atoms with Gasteiger partial charge in [0.15, 0.2) is 0 Å². The highest BCUT2D eigenvalue weighted by Gasteiger charge is 2.27. The predicted octanol–water partition coefficient (Wildman–Crippen LogP) is -0.197. The fraction of sp³-hybridized carbons (Fsp3) is 1.00. The second-order valence-corrected chi connectivity index (χ2v) is 9.03. The van der Waals surface area contributed by atoms with Crippen LogP contribution in [0.3, 0.4) is 0 Å². The molecule has 0 saturated carbocycles. The van der Waals surface area contributed by atoms with Crippen LogP contribution in [0.4, 0.5) is 0 Å². The fourth-order valence-corrected chi connectivity index (χ4v) is 6.89. The van der Waals surface area contributed by atoms with E-state index in [9.17, 15) is 0 Å². The number of halogens is 1. The van der Waals surface area contributed by atoms with Crippen LogP contribution in [0.25, 0.3) is 0 Å². The number of ether oxygens (including phenoxy) is 2. The van der Waals surface area contributed by atoms with E-state index in [1.54, 1.807) is 0 Å². The molecule has 2 aliphatic heterocycles. The number of nitrogens with zero attached hydrogens (tertiary/aromatic N) is 2. The summed E-state index contributed by atoms with van der Waals surface area (Å²) in [4.78, 5) is 0. The fourth-order valence-electron chi connectivity index (χ4n) is 1.81. The van der Waals surface area contributed by atoms with Crippen LogP contribution in [-0.2, 0) is 9.47 Å². The van der Waals surface area contributed by atoms with E-state index < -0.39 is 6.62 Å². The molecule has 2 fully saturated rings. The van der Waals surface area contributed by atoms with E-state index in [-0.39, 0.29) is 0 Å². The van der Waals surface area contributed by atoms with E-state index in [0.29, 0.717) is 0 Å². The summed E-state index contributed by atoms with van der Waals surface area (Å²) in [5.74, 6) is 0. The SMILES string of the molecule is I[SiH](N1CCOCC1)N1CCOCC1. The molecular weight excluding hydrogens is 311 g/mol. The first-order valence-corrected chi connectivity index (χ1v) is 10.4. The van der Waals surface area contributed by atoms with Gasteiger partial charge in [0.25, 0.3) is 6.62 Å². The number of hydrogen-bond donors (Lipinski definition) is 0. The summed E-state index contributed by atoms with van der Waals surface area (Å²) in [6.45, 7) is 7.25. The van der Waals surface area contributed by atoms with Crippen molar-refractivity contribution in [1.29, 1.82) is 0 Å². The first-order chi connectivity index (χ1) is 6.88. The van der Waals surface area contributed by atoms with Gasteiger partial charge in [-0.15, -0.1) is 0 Å². The van der Waals surface area contributed by atoms with Gasteiger partial charge in [-0.1, -0.05) is 21.8 Å². The molecule has 0 spiro atoms. The maximum Gasteiger partial charge on any atom is 0.259 e. The van der Waals surface area contributed by atoms with Crippen molar-refractivity contribution in [2.75, 3.05) is 52.6 Å². The third kappa shape index (κ3) is 2.89. The lowest BCUT2D eigenvalue weighted by molar-refractivity contribution is 0.0524. The number of morpholine rings is 2. The molecule has 0 atom stereocenters. The Bertz CT molecular complexity index is 157. The van der Waals surface area contributed by atoms with Gasteiger partial charge < -0.3 is 18.6 Å². The summed E-state index contributed by atoms with van der Waals surface area (Å²) in [6, 6.07) is 0. The molecule has 0 aliphatic carbocycles. The molecule has 0 N–H and O–H groups in total.